The molecule has 2 rings (SSSR count). The van der Waals surface area contributed by atoms with Crippen LogP contribution in [0.1, 0.15) is 10.4 Å². The summed E-state index contributed by atoms with van der Waals surface area (Å²) in [5, 5.41) is 19.4. The zero-order valence-corrected chi connectivity index (χ0v) is 8.06. The molecule has 68 valence electrons. The van der Waals surface area contributed by atoms with Gasteiger partial charge >= 0.3 is 0 Å². The Kier molecular flexibility index (Phi) is 1.98. The largest absolute Gasteiger partial charge is 0.508 e. The number of aryl methyl sites for hydroxylation is 1. The minimum atomic E-state index is 0.0370. The Hall–Kier alpha value is -1.06. The summed E-state index contributed by atoms with van der Waals surface area (Å²) in [6, 6.07) is 5.24. The highest BCUT2D eigenvalue weighted by atomic mass is 32.1. The molecule has 0 saturated carbocycles. The van der Waals surface area contributed by atoms with Crippen molar-refractivity contribution in [2.45, 2.75) is 13.5 Å². The molecule has 3 heteroatoms. The minimum Gasteiger partial charge on any atom is -0.508 e. The summed E-state index contributed by atoms with van der Waals surface area (Å²) < 4.78 is 1.11. The molecule has 13 heavy (non-hydrogen) atoms. The fraction of sp³-hybridized carbons (Fsp3) is 0.200. The normalized spacial score (nSPS) is 10.9. The molecule has 0 aliphatic heterocycles. The highest BCUT2D eigenvalue weighted by molar-refractivity contribution is 7.19. The van der Waals surface area contributed by atoms with Crippen molar-refractivity contribution < 1.29 is 10.2 Å². The number of aliphatic hydroxyl groups is 1. The third kappa shape index (κ3) is 1.30. The number of aromatic hydroxyl groups is 1. The number of rotatable bonds is 1. The Morgan fingerprint density at radius 1 is 1.38 bits per heavy atom. The Morgan fingerprint density at radius 3 is 2.85 bits per heavy atom. The summed E-state index contributed by atoms with van der Waals surface area (Å²) >= 11 is 1.64. The predicted octanol–water partition coefficient (Wildman–Crippen LogP) is 2.41. The number of benzene rings is 1. The van der Waals surface area contributed by atoms with Crippen LogP contribution in [0.2, 0.25) is 0 Å². The molecule has 0 radical (unpaired) electrons. The molecule has 0 aliphatic rings. The van der Waals surface area contributed by atoms with E-state index >= 15 is 0 Å². The Bertz CT molecular complexity index is 445. The summed E-state index contributed by atoms with van der Waals surface area (Å²) in [6.07, 6.45) is 0. The molecule has 0 atom stereocenters. The van der Waals surface area contributed by atoms with Gasteiger partial charge in [-0.25, -0.2) is 0 Å². The van der Waals surface area contributed by atoms with Gasteiger partial charge in [0.2, 0.25) is 0 Å². The molecule has 1 aromatic heterocycles. The SMILES string of the molecule is Cc1sc2ccc(O)cc2c1CO. The molecule has 0 amide bonds. The quantitative estimate of drug-likeness (QED) is 0.731. The molecule has 0 unspecified atom stereocenters. The van der Waals surface area contributed by atoms with Crippen molar-refractivity contribution in [3.63, 3.8) is 0 Å². The van der Waals surface area contributed by atoms with E-state index in [4.69, 9.17) is 5.11 Å². The van der Waals surface area contributed by atoms with Crippen LogP contribution in [0.5, 0.6) is 5.75 Å². The molecule has 1 heterocycles. The molecule has 0 fully saturated rings. The van der Waals surface area contributed by atoms with Crippen LogP contribution < -0.4 is 0 Å². The summed E-state index contributed by atoms with van der Waals surface area (Å²) in [4.78, 5) is 1.11. The minimum absolute atomic E-state index is 0.0370. The van der Waals surface area contributed by atoms with Crippen molar-refractivity contribution in [3.05, 3.63) is 28.6 Å². The predicted molar refractivity (Wildman–Crippen MR) is 54.1 cm³/mol. The first-order chi connectivity index (χ1) is 6.22. The second-order valence-corrected chi connectivity index (χ2v) is 4.23. The summed E-state index contributed by atoms with van der Waals surface area (Å²) in [6.45, 7) is 2.02. The first-order valence-electron chi connectivity index (χ1n) is 4.04. The van der Waals surface area contributed by atoms with Gasteiger partial charge in [0.15, 0.2) is 0 Å². The number of thiophene rings is 1. The highest BCUT2D eigenvalue weighted by Crippen LogP contribution is 2.32. The molecule has 0 spiro atoms. The zero-order valence-electron chi connectivity index (χ0n) is 7.24. The molecular weight excluding hydrogens is 184 g/mol. The van der Waals surface area contributed by atoms with Crippen LogP contribution in [0.3, 0.4) is 0 Å². The molecule has 2 aromatic rings. The van der Waals surface area contributed by atoms with E-state index in [0.29, 0.717) is 0 Å². The van der Waals surface area contributed by atoms with Crippen LogP contribution in [0.4, 0.5) is 0 Å². The lowest BCUT2D eigenvalue weighted by Gasteiger charge is -1.95. The van der Waals surface area contributed by atoms with Crippen LogP contribution in [-0.2, 0) is 6.61 Å². The smallest absolute Gasteiger partial charge is 0.116 e. The Morgan fingerprint density at radius 2 is 2.15 bits per heavy atom. The highest BCUT2D eigenvalue weighted by Gasteiger charge is 2.07. The maximum atomic E-state index is 9.28. The van der Waals surface area contributed by atoms with E-state index < -0.39 is 0 Å². The number of hydrogen-bond acceptors (Lipinski definition) is 3. The maximum Gasteiger partial charge on any atom is 0.116 e. The average molecular weight is 194 g/mol. The van der Waals surface area contributed by atoms with Gasteiger partial charge in [-0.05, 0) is 30.7 Å². The Labute approximate surface area is 80.1 Å². The first-order valence-corrected chi connectivity index (χ1v) is 4.86. The lowest BCUT2D eigenvalue weighted by Crippen LogP contribution is -1.81. The van der Waals surface area contributed by atoms with Gasteiger partial charge < -0.3 is 10.2 Å². The van der Waals surface area contributed by atoms with Gasteiger partial charge in [-0.3, -0.25) is 0 Å². The summed E-state index contributed by atoms with van der Waals surface area (Å²) in [7, 11) is 0. The van der Waals surface area contributed by atoms with Crippen molar-refractivity contribution in [2.75, 3.05) is 0 Å². The Balaban J connectivity index is 2.80. The van der Waals surface area contributed by atoms with Gasteiger partial charge in [0, 0.05) is 15.0 Å². The van der Waals surface area contributed by atoms with Gasteiger partial charge in [0.05, 0.1) is 6.61 Å². The second-order valence-electron chi connectivity index (χ2n) is 2.98. The van der Waals surface area contributed by atoms with E-state index in [1.165, 1.54) is 0 Å². The van der Waals surface area contributed by atoms with E-state index in [1.54, 1.807) is 23.5 Å². The van der Waals surface area contributed by atoms with Crippen molar-refractivity contribution in [1.82, 2.24) is 0 Å². The average Bonchev–Trinajstić information content (AvgIpc) is 2.40. The fourth-order valence-corrected chi connectivity index (χ4v) is 2.51. The molecule has 0 saturated heterocycles. The second kappa shape index (κ2) is 3.01. The van der Waals surface area contributed by atoms with Gasteiger partial charge in [0.25, 0.3) is 0 Å². The molecule has 2 N–H and O–H groups in total. The van der Waals surface area contributed by atoms with E-state index in [0.717, 1.165) is 20.5 Å². The molecule has 2 nitrogen and oxygen atoms in total. The molecule has 1 aromatic carbocycles. The van der Waals surface area contributed by atoms with Crippen molar-refractivity contribution in [2.24, 2.45) is 0 Å². The van der Waals surface area contributed by atoms with Crippen molar-refractivity contribution in [3.8, 4) is 5.75 Å². The van der Waals surface area contributed by atoms with Crippen molar-refractivity contribution in [1.29, 1.82) is 0 Å². The third-order valence-electron chi connectivity index (χ3n) is 2.13. The summed E-state index contributed by atoms with van der Waals surface area (Å²) in [5.74, 6) is 0.250. The third-order valence-corrected chi connectivity index (χ3v) is 3.26. The van der Waals surface area contributed by atoms with Crippen molar-refractivity contribution >= 4 is 21.4 Å². The van der Waals surface area contributed by atoms with E-state index in [-0.39, 0.29) is 12.4 Å². The van der Waals surface area contributed by atoms with Gasteiger partial charge in [-0.1, -0.05) is 0 Å². The van der Waals surface area contributed by atoms with Gasteiger partial charge in [-0.15, -0.1) is 11.3 Å². The number of hydrogen-bond donors (Lipinski definition) is 2. The van der Waals surface area contributed by atoms with Crippen LogP contribution in [0.15, 0.2) is 18.2 Å². The zero-order chi connectivity index (χ0) is 9.42. The van der Waals surface area contributed by atoms with Gasteiger partial charge in [0.1, 0.15) is 5.75 Å². The number of phenolic OH excluding ortho intramolecular Hbond substituents is 1. The first kappa shape index (κ1) is 8.53. The van der Waals surface area contributed by atoms with Crippen LogP contribution in [0.25, 0.3) is 10.1 Å². The molecule has 0 aliphatic carbocycles. The monoisotopic (exact) mass is 194 g/mol. The summed E-state index contributed by atoms with van der Waals surface area (Å²) in [5.41, 5.74) is 0.927. The molecule has 0 bridgehead atoms. The molecular formula is C10H10O2S. The maximum absolute atomic E-state index is 9.28. The van der Waals surface area contributed by atoms with Gasteiger partial charge in [-0.2, -0.15) is 0 Å². The van der Waals surface area contributed by atoms with Crippen LogP contribution >= 0.6 is 11.3 Å². The lowest BCUT2D eigenvalue weighted by atomic mass is 10.1. The standard InChI is InChI=1S/C10H10O2S/c1-6-9(5-11)8-4-7(12)2-3-10(8)13-6/h2-4,11-12H,5H2,1H3. The van der Waals surface area contributed by atoms with E-state index in [9.17, 15) is 5.11 Å². The van der Waals surface area contributed by atoms with E-state index in [2.05, 4.69) is 0 Å². The van der Waals surface area contributed by atoms with Crippen LogP contribution in [0, 0.1) is 6.92 Å². The lowest BCUT2D eigenvalue weighted by molar-refractivity contribution is 0.283. The topological polar surface area (TPSA) is 40.5 Å². The van der Waals surface area contributed by atoms with E-state index in [1.807, 2.05) is 13.0 Å². The number of fused-ring (bicyclic) bond motifs is 1. The van der Waals surface area contributed by atoms with Crippen LogP contribution in [-0.4, -0.2) is 10.2 Å². The number of phenols is 1. The number of aliphatic hydroxyl groups excluding tert-OH is 1. The fourth-order valence-electron chi connectivity index (χ4n) is 1.46.